The number of hydrogen-bond acceptors (Lipinski definition) is 5. The van der Waals surface area contributed by atoms with Crippen LogP contribution in [0.4, 0.5) is 0 Å². The molecule has 5 heteroatoms. The van der Waals surface area contributed by atoms with Crippen LogP contribution in [0.3, 0.4) is 0 Å². The summed E-state index contributed by atoms with van der Waals surface area (Å²) in [5.74, 6) is 1.07. The van der Waals surface area contributed by atoms with Crippen molar-refractivity contribution in [2.24, 2.45) is 0 Å². The summed E-state index contributed by atoms with van der Waals surface area (Å²) in [6, 6.07) is 2.20. The monoisotopic (exact) mass is 351 g/mol. The van der Waals surface area contributed by atoms with E-state index in [4.69, 9.17) is 9.47 Å². The van der Waals surface area contributed by atoms with Gasteiger partial charge in [0.1, 0.15) is 24.2 Å². The molecule has 0 heterocycles. The molecular weight excluding hydrogens is 318 g/mol. The van der Waals surface area contributed by atoms with Crippen molar-refractivity contribution in [1.82, 2.24) is 5.32 Å². The van der Waals surface area contributed by atoms with E-state index in [1.165, 1.54) is 6.92 Å². The topological polar surface area (TPSA) is 67.8 Å². The van der Waals surface area contributed by atoms with Gasteiger partial charge in [0.25, 0.3) is 0 Å². The predicted molar refractivity (Wildman–Crippen MR) is 100 cm³/mol. The Labute approximate surface area is 151 Å². The van der Waals surface area contributed by atoms with Gasteiger partial charge in [0.05, 0.1) is 0 Å². The zero-order valence-corrected chi connectivity index (χ0v) is 16.4. The van der Waals surface area contributed by atoms with Crippen LogP contribution in [0.2, 0.25) is 0 Å². The van der Waals surface area contributed by atoms with Crippen LogP contribution < -0.4 is 14.8 Å². The Hall–Kier alpha value is -1.59. The summed E-state index contributed by atoms with van der Waals surface area (Å²) in [5, 5.41) is 13.2. The van der Waals surface area contributed by atoms with Crippen molar-refractivity contribution < 1.29 is 19.4 Å². The lowest BCUT2D eigenvalue weighted by atomic mass is 9.98. The zero-order chi connectivity index (χ0) is 19.0. The van der Waals surface area contributed by atoms with Crippen molar-refractivity contribution in [3.8, 4) is 11.5 Å². The van der Waals surface area contributed by atoms with Gasteiger partial charge in [-0.05, 0) is 43.9 Å². The van der Waals surface area contributed by atoms with E-state index in [0.29, 0.717) is 18.3 Å². The number of ether oxygens (including phenoxy) is 2. The molecule has 0 saturated heterocycles. The molecule has 1 aromatic carbocycles. The van der Waals surface area contributed by atoms with Gasteiger partial charge in [-0.15, -0.1) is 0 Å². The van der Waals surface area contributed by atoms with E-state index in [0.717, 1.165) is 41.7 Å². The molecule has 25 heavy (non-hydrogen) atoms. The van der Waals surface area contributed by atoms with Crippen molar-refractivity contribution in [3.63, 3.8) is 0 Å². The van der Waals surface area contributed by atoms with Crippen LogP contribution in [-0.2, 0) is 11.2 Å². The molecule has 2 N–H and O–H groups in total. The van der Waals surface area contributed by atoms with Gasteiger partial charge in [-0.25, -0.2) is 0 Å². The molecule has 1 rings (SSSR count). The quantitative estimate of drug-likeness (QED) is 0.500. The minimum absolute atomic E-state index is 0.222. The van der Waals surface area contributed by atoms with Crippen molar-refractivity contribution in [2.75, 3.05) is 13.2 Å². The van der Waals surface area contributed by atoms with Gasteiger partial charge in [0, 0.05) is 25.1 Å². The van der Waals surface area contributed by atoms with Crippen LogP contribution in [0.15, 0.2) is 6.07 Å². The molecule has 0 saturated carbocycles. The maximum Gasteiger partial charge on any atom is 0.308 e. The molecule has 0 aromatic heterocycles. The smallest absolute Gasteiger partial charge is 0.308 e. The van der Waals surface area contributed by atoms with E-state index in [-0.39, 0.29) is 12.6 Å². The third kappa shape index (κ3) is 7.04. The standard InChI is InChI=1S/C20H33NO4/c1-7-8-9-18-15(5)19(10-14(4)20(18)25-16(6)22)24-12-17(23)11-21-13(2)3/h10,13,17,21,23H,7-9,11-12H2,1-6H3/t17-/m1/s1. The number of carbonyl (C=O) groups excluding carboxylic acids is 1. The molecule has 0 aliphatic rings. The summed E-state index contributed by atoms with van der Waals surface area (Å²) < 4.78 is 11.3. The minimum Gasteiger partial charge on any atom is -0.491 e. The van der Waals surface area contributed by atoms with Crippen LogP contribution in [-0.4, -0.2) is 36.4 Å². The summed E-state index contributed by atoms with van der Waals surface area (Å²) in [4.78, 5) is 11.4. The summed E-state index contributed by atoms with van der Waals surface area (Å²) in [6.07, 6.45) is 2.33. The number of aliphatic hydroxyl groups is 1. The highest BCUT2D eigenvalue weighted by Crippen LogP contribution is 2.35. The number of rotatable bonds is 10. The van der Waals surface area contributed by atoms with Gasteiger partial charge in [0.2, 0.25) is 0 Å². The second kappa shape index (κ2) is 10.4. The summed E-state index contributed by atoms with van der Waals surface area (Å²) in [5.41, 5.74) is 2.86. The lowest BCUT2D eigenvalue weighted by molar-refractivity contribution is -0.132. The fraction of sp³-hybridized carbons (Fsp3) is 0.650. The fourth-order valence-electron chi connectivity index (χ4n) is 2.63. The molecule has 0 aliphatic carbocycles. The first kappa shape index (κ1) is 21.5. The van der Waals surface area contributed by atoms with Crippen molar-refractivity contribution >= 4 is 5.97 Å². The van der Waals surface area contributed by atoms with Crippen molar-refractivity contribution in [3.05, 3.63) is 22.8 Å². The number of hydrogen-bond donors (Lipinski definition) is 2. The van der Waals surface area contributed by atoms with Gasteiger partial charge in [0.15, 0.2) is 0 Å². The van der Waals surface area contributed by atoms with Gasteiger partial charge in [-0.2, -0.15) is 0 Å². The first-order chi connectivity index (χ1) is 11.8. The van der Waals surface area contributed by atoms with E-state index in [2.05, 4.69) is 12.2 Å². The normalized spacial score (nSPS) is 12.3. The molecule has 1 atom stereocenters. The molecular formula is C20H33NO4. The second-order valence-electron chi connectivity index (χ2n) is 6.85. The molecule has 142 valence electrons. The number of benzene rings is 1. The molecule has 1 aromatic rings. The van der Waals surface area contributed by atoms with Crippen LogP contribution in [0.5, 0.6) is 11.5 Å². The Morgan fingerprint density at radius 2 is 2.00 bits per heavy atom. The lowest BCUT2D eigenvalue weighted by Crippen LogP contribution is -2.35. The van der Waals surface area contributed by atoms with Gasteiger partial charge in [-0.1, -0.05) is 27.2 Å². The third-order valence-electron chi connectivity index (χ3n) is 4.02. The molecule has 5 nitrogen and oxygen atoms in total. The second-order valence-corrected chi connectivity index (χ2v) is 6.85. The summed E-state index contributed by atoms with van der Waals surface area (Å²) in [6.45, 7) is 12.2. The predicted octanol–water partition coefficient (Wildman–Crippen LogP) is 3.31. The van der Waals surface area contributed by atoms with Gasteiger partial charge < -0.3 is 19.9 Å². The Kier molecular flexibility index (Phi) is 8.93. The van der Waals surface area contributed by atoms with Crippen molar-refractivity contribution in [2.45, 2.75) is 73.0 Å². The molecule has 0 spiro atoms. The highest BCUT2D eigenvalue weighted by atomic mass is 16.5. The number of carbonyl (C=O) groups is 1. The largest absolute Gasteiger partial charge is 0.491 e. The zero-order valence-electron chi connectivity index (χ0n) is 16.4. The van der Waals surface area contributed by atoms with Gasteiger partial charge >= 0.3 is 5.97 Å². The van der Waals surface area contributed by atoms with E-state index < -0.39 is 6.10 Å². The highest BCUT2D eigenvalue weighted by Gasteiger charge is 2.17. The van der Waals surface area contributed by atoms with E-state index >= 15 is 0 Å². The average molecular weight is 351 g/mol. The summed E-state index contributed by atoms with van der Waals surface area (Å²) >= 11 is 0. The van der Waals surface area contributed by atoms with E-state index in [9.17, 15) is 9.90 Å². The SMILES string of the molecule is CCCCc1c(C)c(OC[C@H](O)CNC(C)C)cc(C)c1OC(C)=O. The number of aliphatic hydroxyl groups excluding tert-OH is 1. The molecule has 0 radical (unpaired) electrons. The number of unbranched alkanes of at least 4 members (excludes halogenated alkanes) is 1. The van der Waals surface area contributed by atoms with Gasteiger partial charge in [-0.3, -0.25) is 4.79 Å². The Bertz CT molecular complexity index is 569. The molecule has 0 amide bonds. The molecule has 0 aliphatic heterocycles. The lowest BCUT2D eigenvalue weighted by Gasteiger charge is -2.20. The maximum atomic E-state index is 11.4. The Morgan fingerprint density at radius 1 is 1.32 bits per heavy atom. The minimum atomic E-state index is -0.575. The maximum absolute atomic E-state index is 11.4. The van der Waals surface area contributed by atoms with Crippen LogP contribution in [0, 0.1) is 13.8 Å². The van der Waals surface area contributed by atoms with E-state index in [1.807, 2.05) is 33.8 Å². The van der Waals surface area contributed by atoms with E-state index in [1.54, 1.807) is 0 Å². The van der Waals surface area contributed by atoms with Crippen LogP contribution in [0.1, 0.15) is 57.2 Å². The summed E-state index contributed by atoms with van der Waals surface area (Å²) in [7, 11) is 0. The molecule has 0 unspecified atom stereocenters. The highest BCUT2D eigenvalue weighted by molar-refractivity contribution is 5.71. The Balaban J connectivity index is 2.96. The number of aryl methyl sites for hydroxylation is 1. The number of nitrogens with one attached hydrogen (secondary N) is 1. The Morgan fingerprint density at radius 3 is 2.56 bits per heavy atom. The molecule has 0 bridgehead atoms. The fourth-order valence-corrected chi connectivity index (χ4v) is 2.63. The van der Waals surface area contributed by atoms with Crippen molar-refractivity contribution in [1.29, 1.82) is 0 Å². The van der Waals surface area contributed by atoms with Crippen LogP contribution >= 0.6 is 0 Å². The molecule has 0 fully saturated rings. The van der Waals surface area contributed by atoms with Crippen LogP contribution in [0.25, 0.3) is 0 Å². The average Bonchev–Trinajstić information content (AvgIpc) is 2.54. The number of esters is 1. The first-order valence-electron chi connectivity index (χ1n) is 9.11. The third-order valence-corrected chi connectivity index (χ3v) is 4.02. The first-order valence-corrected chi connectivity index (χ1v) is 9.11.